The second kappa shape index (κ2) is 6.04. The molecule has 1 aliphatic rings. The number of halogens is 1. The zero-order chi connectivity index (χ0) is 12.2. The molecule has 1 aliphatic carbocycles. The normalized spacial score (nSPS) is 25.8. The Bertz CT molecular complexity index is 230. The van der Waals surface area contributed by atoms with Crippen molar-refractivity contribution < 1.29 is 4.79 Å². The average molecular weight is 290 g/mol. The van der Waals surface area contributed by atoms with Gasteiger partial charge in [-0.25, -0.2) is 0 Å². The maximum absolute atomic E-state index is 12.2. The lowest BCUT2D eigenvalue weighted by atomic mass is 9.91. The van der Waals surface area contributed by atoms with Crippen LogP contribution < -0.4 is 5.32 Å². The van der Waals surface area contributed by atoms with Gasteiger partial charge in [0, 0.05) is 16.8 Å². The van der Waals surface area contributed by atoms with Gasteiger partial charge in [-0.05, 0) is 31.6 Å². The highest BCUT2D eigenvalue weighted by Crippen LogP contribution is 2.32. The van der Waals surface area contributed by atoms with E-state index in [-0.39, 0.29) is 17.4 Å². The van der Waals surface area contributed by atoms with Crippen LogP contribution in [0.1, 0.15) is 52.9 Å². The van der Waals surface area contributed by atoms with Crippen LogP contribution in [-0.4, -0.2) is 16.8 Å². The fourth-order valence-corrected chi connectivity index (χ4v) is 3.47. The Morgan fingerprint density at radius 1 is 1.38 bits per heavy atom. The minimum Gasteiger partial charge on any atom is -0.350 e. The lowest BCUT2D eigenvalue weighted by Gasteiger charge is -2.32. The molecule has 0 aromatic carbocycles. The fourth-order valence-electron chi connectivity index (χ4n) is 2.54. The first-order chi connectivity index (χ1) is 7.58. The molecular formula is C13H24BrNO. The molecule has 0 aromatic rings. The summed E-state index contributed by atoms with van der Waals surface area (Å²) in [5, 5.41) is 4.11. The van der Waals surface area contributed by atoms with Crippen LogP contribution in [0.25, 0.3) is 0 Å². The summed E-state index contributed by atoms with van der Waals surface area (Å²) in [4.78, 5) is 12.2. The summed E-state index contributed by atoms with van der Waals surface area (Å²) in [6.07, 6.45) is 5.46. The van der Waals surface area contributed by atoms with Crippen molar-refractivity contribution in [3.8, 4) is 0 Å². The Balaban J connectivity index is 2.61. The van der Waals surface area contributed by atoms with Gasteiger partial charge in [0.15, 0.2) is 0 Å². The van der Waals surface area contributed by atoms with Gasteiger partial charge in [0.05, 0.1) is 0 Å². The molecule has 0 heterocycles. The quantitative estimate of drug-likeness (QED) is 0.772. The predicted molar refractivity (Wildman–Crippen MR) is 71.8 cm³/mol. The van der Waals surface area contributed by atoms with E-state index in [1.54, 1.807) is 0 Å². The molecule has 0 saturated heterocycles. The number of nitrogens with one attached hydrogen (secondary N) is 1. The molecule has 1 fully saturated rings. The predicted octanol–water partition coefficient (Wildman–Crippen LogP) is 3.49. The number of hydrogen-bond acceptors (Lipinski definition) is 1. The number of amides is 1. The Morgan fingerprint density at radius 2 is 2.00 bits per heavy atom. The molecule has 1 saturated carbocycles. The van der Waals surface area contributed by atoms with Gasteiger partial charge < -0.3 is 5.32 Å². The first kappa shape index (κ1) is 14.0. The van der Waals surface area contributed by atoms with E-state index < -0.39 is 0 Å². The second-order valence-corrected chi connectivity index (χ2v) is 5.69. The third kappa shape index (κ3) is 2.99. The van der Waals surface area contributed by atoms with E-state index in [0.717, 1.165) is 24.6 Å². The van der Waals surface area contributed by atoms with Crippen LogP contribution in [0.3, 0.4) is 0 Å². The van der Waals surface area contributed by atoms with E-state index in [1.807, 2.05) is 0 Å². The highest BCUT2D eigenvalue weighted by Gasteiger charge is 2.34. The van der Waals surface area contributed by atoms with Gasteiger partial charge in [0.25, 0.3) is 0 Å². The third-order valence-electron chi connectivity index (χ3n) is 4.20. The first-order valence-corrected chi connectivity index (χ1v) is 7.58. The summed E-state index contributed by atoms with van der Waals surface area (Å²) in [5.41, 5.74) is -0.0423. The van der Waals surface area contributed by atoms with Gasteiger partial charge in [-0.1, -0.05) is 43.1 Å². The summed E-state index contributed by atoms with van der Waals surface area (Å²) < 4.78 is 0. The summed E-state index contributed by atoms with van der Waals surface area (Å²) in [5.74, 6) is 1.08. The van der Waals surface area contributed by atoms with Crippen LogP contribution in [0, 0.1) is 11.8 Å². The molecule has 2 unspecified atom stereocenters. The van der Waals surface area contributed by atoms with Crippen LogP contribution in [0.2, 0.25) is 0 Å². The fraction of sp³-hybridized carbons (Fsp3) is 0.923. The Labute approximate surface area is 108 Å². The number of alkyl halides is 1. The van der Waals surface area contributed by atoms with Gasteiger partial charge in [-0.2, -0.15) is 0 Å². The Hall–Kier alpha value is -0.0500. The molecule has 1 rings (SSSR count). The van der Waals surface area contributed by atoms with Crippen molar-refractivity contribution in [2.75, 3.05) is 5.33 Å². The number of hydrogen-bond donors (Lipinski definition) is 1. The van der Waals surface area contributed by atoms with E-state index in [1.165, 1.54) is 12.8 Å². The molecular weight excluding hydrogens is 266 g/mol. The Morgan fingerprint density at radius 3 is 2.38 bits per heavy atom. The molecule has 0 aliphatic heterocycles. The molecule has 2 atom stereocenters. The van der Waals surface area contributed by atoms with Crippen molar-refractivity contribution in [1.29, 1.82) is 0 Å². The van der Waals surface area contributed by atoms with E-state index in [2.05, 4.69) is 42.0 Å². The molecule has 3 heteroatoms. The molecule has 1 N–H and O–H groups in total. The highest BCUT2D eigenvalue weighted by molar-refractivity contribution is 9.09. The minimum atomic E-state index is -0.0423. The second-order valence-electron chi connectivity index (χ2n) is 5.12. The van der Waals surface area contributed by atoms with Crippen LogP contribution in [0.15, 0.2) is 0 Å². The van der Waals surface area contributed by atoms with Crippen LogP contribution in [0.5, 0.6) is 0 Å². The summed E-state index contributed by atoms with van der Waals surface area (Å²) in [6.45, 7) is 6.48. The number of carbonyl (C=O) groups excluding carboxylic acids is 1. The number of carbonyl (C=O) groups is 1. The topological polar surface area (TPSA) is 29.1 Å². The lowest BCUT2D eigenvalue weighted by Crippen LogP contribution is -2.51. The SMILES string of the molecule is CCC(CC)(CBr)NC(=O)C1CCCC1C. The number of rotatable bonds is 5. The largest absolute Gasteiger partial charge is 0.350 e. The minimum absolute atomic E-state index is 0.0423. The molecule has 94 valence electrons. The van der Waals surface area contributed by atoms with E-state index in [0.29, 0.717) is 5.92 Å². The van der Waals surface area contributed by atoms with Crippen LogP contribution in [0.4, 0.5) is 0 Å². The maximum atomic E-state index is 12.2. The van der Waals surface area contributed by atoms with Crippen molar-refractivity contribution in [3.05, 3.63) is 0 Å². The maximum Gasteiger partial charge on any atom is 0.223 e. The highest BCUT2D eigenvalue weighted by atomic mass is 79.9. The third-order valence-corrected chi connectivity index (χ3v) is 5.27. The molecule has 0 spiro atoms. The van der Waals surface area contributed by atoms with Crippen LogP contribution >= 0.6 is 15.9 Å². The molecule has 0 aromatic heterocycles. The summed E-state index contributed by atoms with van der Waals surface area (Å²) >= 11 is 3.53. The first-order valence-electron chi connectivity index (χ1n) is 6.46. The van der Waals surface area contributed by atoms with Gasteiger partial charge in [0.2, 0.25) is 5.91 Å². The average Bonchev–Trinajstić information content (AvgIpc) is 2.72. The van der Waals surface area contributed by atoms with Crippen molar-refractivity contribution >= 4 is 21.8 Å². The van der Waals surface area contributed by atoms with Gasteiger partial charge in [-0.3, -0.25) is 4.79 Å². The van der Waals surface area contributed by atoms with Gasteiger partial charge >= 0.3 is 0 Å². The smallest absolute Gasteiger partial charge is 0.223 e. The van der Waals surface area contributed by atoms with E-state index in [9.17, 15) is 4.79 Å². The zero-order valence-corrected chi connectivity index (χ0v) is 12.3. The van der Waals surface area contributed by atoms with E-state index >= 15 is 0 Å². The van der Waals surface area contributed by atoms with Crippen molar-refractivity contribution in [2.24, 2.45) is 11.8 Å². The van der Waals surface area contributed by atoms with Crippen molar-refractivity contribution in [3.63, 3.8) is 0 Å². The van der Waals surface area contributed by atoms with Gasteiger partial charge in [0.1, 0.15) is 0 Å². The van der Waals surface area contributed by atoms with Gasteiger partial charge in [-0.15, -0.1) is 0 Å². The summed E-state index contributed by atoms with van der Waals surface area (Å²) in [6, 6.07) is 0. The Kier molecular flexibility index (Phi) is 5.29. The molecule has 16 heavy (non-hydrogen) atoms. The standard InChI is InChI=1S/C13H24BrNO/c1-4-13(5-2,9-14)15-12(16)11-8-6-7-10(11)3/h10-11H,4-9H2,1-3H3,(H,15,16). The molecule has 2 nitrogen and oxygen atoms in total. The van der Waals surface area contributed by atoms with Crippen molar-refractivity contribution in [2.45, 2.75) is 58.4 Å². The molecule has 0 radical (unpaired) electrons. The van der Waals surface area contributed by atoms with Crippen LogP contribution in [-0.2, 0) is 4.79 Å². The zero-order valence-electron chi connectivity index (χ0n) is 10.7. The molecule has 1 amide bonds. The lowest BCUT2D eigenvalue weighted by molar-refractivity contribution is -0.127. The van der Waals surface area contributed by atoms with E-state index in [4.69, 9.17) is 0 Å². The molecule has 0 bridgehead atoms. The van der Waals surface area contributed by atoms with Crippen molar-refractivity contribution in [1.82, 2.24) is 5.32 Å². The monoisotopic (exact) mass is 289 g/mol. The summed E-state index contributed by atoms with van der Waals surface area (Å²) in [7, 11) is 0.